The predicted molar refractivity (Wildman–Crippen MR) is 128 cm³/mol. The molecule has 2 aromatic rings. The van der Waals surface area contributed by atoms with Crippen LogP contribution in [-0.4, -0.2) is 48.1 Å². The molecule has 1 amide bonds. The van der Waals surface area contributed by atoms with Gasteiger partial charge >= 0.3 is 5.97 Å². The summed E-state index contributed by atoms with van der Waals surface area (Å²) in [6.07, 6.45) is 6.66. The van der Waals surface area contributed by atoms with Gasteiger partial charge < -0.3 is 15.2 Å². The monoisotopic (exact) mass is 450 g/mol. The molecule has 4 rings (SSSR count). The molecule has 0 aromatic heterocycles. The lowest BCUT2D eigenvalue weighted by Gasteiger charge is -2.23. The van der Waals surface area contributed by atoms with Gasteiger partial charge in [0.25, 0.3) is 5.91 Å². The van der Waals surface area contributed by atoms with Crippen LogP contribution >= 0.6 is 0 Å². The number of carbonyl (C=O) groups is 2. The molecule has 176 valence electrons. The first-order valence-electron chi connectivity index (χ1n) is 12.1. The molecular weight excluding hydrogens is 416 g/mol. The molecular formula is C27H34N2O4. The number of rotatable bonds is 6. The van der Waals surface area contributed by atoms with Crippen LogP contribution in [0.3, 0.4) is 0 Å². The molecule has 6 nitrogen and oxygen atoms in total. The highest BCUT2D eigenvalue weighted by atomic mass is 16.5. The van der Waals surface area contributed by atoms with Gasteiger partial charge in [-0.1, -0.05) is 24.3 Å². The molecule has 2 bridgehead atoms. The predicted octanol–water partition coefficient (Wildman–Crippen LogP) is 4.26. The van der Waals surface area contributed by atoms with Crippen molar-refractivity contribution in [2.24, 2.45) is 5.92 Å². The summed E-state index contributed by atoms with van der Waals surface area (Å²) in [4.78, 5) is 25.9. The number of carboxylic acid groups (broad SMARTS) is 1. The van der Waals surface area contributed by atoms with E-state index < -0.39 is 5.97 Å². The zero-order valence-corrected chi connectivity index (χ0v) is 19.2. The number of ether oxygens (including phenoxy) is 1. The second-order valence-corrected chi connectivity index (χ2v) is 9.31. The van der Waals surface area contributed by atoms with Crippen LogP contribution in [0.4, 0.5) is 0 Å². The Kier molecular flexibility index (Phi) is 8.00. The summed E-state index contributed by atoms with van der Waals surface area (Å²) in [5.41, 5.74) is 4.03. The first-order valence-corrected chi connectivity index (χ1v) is 12.1. The third-order valence-electron chi connectivity index (χ3n) is 6.33. The highest BCUT2D eigenvalue weighted by Gasteiger charge is 2.24. The van der Waals surface area contributed by atoms with Crippen LogP contribution in [0.5, 0.6) is 5.75 Å². The van der Waals surface area contributed by atoms with Gasteiger partial charge in [0.2, 0.25) is 0 Å². The van der Waals surface area contributed by atoms with E-state index in [0.717, 1.165) is 43.2 Å². The van der Waals surface area contributed by atoms with Crippen LogP contribution in [0.2, 0.25) is 0 Å². The molecule has 0 saturated heterocycles. The number of aliphatic carboxylic acids is 1. The summed E-state index contributed by atoms with van der Waals surface area (Å²) >= 11 is 0. The molecule has 1 aliphatic carbocycles. The van der Waals surface area contributed by atoms with E-state index in [-0.39, 0.29) is 18.9 Å². The van der Waals surface area contributed by atoms with Gasteiger partial charge in [-0.2, -0.15) is 0 Å². The summed E-state index contributed by atoms with van der Waals surface area (Å²) in [6, 6.07) is 14.2. The van der Waals surface area contributed by atoms with Crippen molar-refractivity contribution >= 4 is 11.9 Å². The number of hydrogen-bond acceptors (Lipinski definition) is 4. The first kappa shape index (κ1) is 23.3. The quantitative estimate of drug-likeness (QED) is 0.688. The fraction of sp³-hybridized carbons (Fsp3) is 0.481. The molecule has 1 aliphatic heterocycles. The molecule has 33 heavy (non-hydrogen) atoms. The largest absolute Gasteiger partial charge is 0.493 e. The molecule has 1 heterocycles. The average molecular weight is 451 g/mol. The maximum atomic E-state index is 12.5. The molecule has 2 aromatic carbocycles. The number of carboxylic acids is 1. The minimum Gasteiger partial charge on any atom is -0.493 e. The van der Waals surface area contributed by atoms with Gasteiger partial charge in [-0.15, -0.1) is 0 Å². The van der Waals surface area contributed by atoms with Crippen molar-refractivity contribution in [3.63, 3.8) is 0 Å². The number of nitrogens with one attached hydrogen (secondary N) is 1. The van der Waals surface area contributed by atoms with E-state index in [1.165, 1.54) is 36.9 Å². The van der Waals surface area contributed by atoms with Gasteiger partial charge in [0.15, 0.2) is 0 Å². The normalized spacial score (nSPS) is 17.3. The Balaban J connectivity index is 1.53. The van der Waals surface area contributed by atoms with Crippen molar-refractivity contribution in [1.29, 1.82) is 0 Å². The minimum absolute atomic E-state index is 0.0929. The first-order chi connectivity index (χ1) is 16.1. The van der Waals surface area contributed by atoms with Crippen LogP contribution in [0.1, 0.15) is 65.6 Å². The second-order valence-electron chi connectivity index (χ2n) is 9.31. The number of nitrogens with zero attached hydrogens (tertiary/aromatic N) is 1. The van der Waals surface area contributed by atoms with Gasteiger partial charge in [-0.05, 0) is 79.5 Å². The summed E-state index contributed by atoms with van der Waals surface area (Å²) in [5, 5.41) is 11.5. The number of amides is 1. The Labute approximate surface area is 195 Å². The van der Waals surface area contributed by atoms with Crippen molar-refractivity contribution in [1.82, 2.24) is 10.2 Å². The molecule has 0 spiro atoms. The summed E-state index contributed by atoms with van der Waals surface area (Å²) in [7, 11) is 0. The molecule has 1 fully saturated rings. The minimum atomic E-state index is -0.927. The third kappa shape index (κ3) is 7.32. The van der Waals surface area contributed by atoms with Crippen LogP contribution in [-0.2, 0) is 17.8 Å². The lowest BCUT2D eigenvalue weighted by molar-refractivity contribution is -0.136. The summed E-state index contributed by atoms with van der Waals surface area (Å²) < 4.78 is 6.13. The third-order valence-corrected chi connectivity index (χ3v) is 6.33. The highest BCUT2D eigenvalue weighted by Crippen LogP contribution is 2.31. The molecule has 1 saturated carbocycles. The van der Waals surface area contributed by atoms with Gasteiger partial charge in [0.1, 0.15) is 5.75 Å². The van der Waals surface area contributed by atoms with Crippen molar-refractivity contribution in [2.75, 3.05) is 26.2 Å². The van der Waals surface area contributed by atoms with E-state index in [1.807, 2.05) is 12.1 Å². The Morgan fingerprint density at radius 3 is 2.73 bits per heavy atom. The van der Waals surface area contributed by atoms with E-state index in [9.17, 15) is 9.59 Å². The zero-order valence-electron chi connectivity index (χ0n) is 19.2. The van der Waals surface area contributed by atoms with E-state index in [1.54, 1.807) is 6.07 Å². The number of benzene rings is 2. The molecule has 2 aliphatic rings. The Morgan fingerprint density at radius 2 is 1.91 bits per heavy atom. The van der Waals surface area contributed by atoms with Gasteiger partial charge in [0.05, 0.1) is 13.0 Å². The summed E-state index contributed by atoms with van der Waals surface area (Å²) in [6.45, 7) is 4.10. The molecule has 6 heteroatoms. The van der Waals surface area contributed by atoms with Crippen molar-refractivity contribution in [2.45, 2.75) is 51.5 Å². The number of hydrogen-bond donors (Lipinski definition) is 2. The maximum absolute atomic E-state index is 12.5. The van der Waals surface area contributed by atoms with Gasteiger partial charge in [0, 0.05) is 31.6 Å². The van der Waals surface area contributed by atoms with Crippen LogP contribution in [0, 0.1) is 5.92 Å². The van der Waals surface area contributed by atoms with Crippen molar-refractivity contribution in [3.8, 4) is 5.75 Å². The van der Waals surface area contributed by atoms with Gasteiger partial charge in [-0.25, -0.2) is 0 Å². The standard InChI is InChI=1S/C27H34N2O4/c30-26(31)11-12-28-27(32)23-9-10-25-24(17-23)16-21-5-4-6-22(15-21)19-29(18-20-7-8-20)13-2-1-3-14-33-25/h4-6,9-10,15,17,20H,1-3,7-8,11-14,16,18-19H2,(H,28,32)(H,30,31). The molecule has 0 unspecified atom stereocenters. The van der Waals surface area contributed by atoms with E-state index in [0.29, 0.717) is 18.6 Å². The number of carbonyl (C=O) groups excluding carboxylic acids is 1. The fourth-order valence-corrected chi connectivity index (χ4v) is 4.40. The SMILES string of the molecule is O=C(O)CCNC(=O)c1ccc2c(c1)Cc1cccc(c1)CN(CC1CC1)CCCCCO2. The Bertz CT molecular complexity index is 970. The molecule has 2 N–H and O–H groups in total. The average Bonchev–Trinajstić information content (AvgIpc) is 3.60. The van der Waals surface area contributed by atoms with Crippen molar-refractivity contribution in [3.05, 3.63) is 64.7 Å². The van der Waals surface area contributed by atoms with E-state index in [2.05, 4.69) is 34.5 Å². The fourth-order valence-electron chi connectivity index (χ4n) is 4.40. The maximum Gasteiger partial charge on any atom is 0.305 e. The van der Waals surface area contributed by atoms with Crippen LogP contribution < -0.4 is 10.1 Å². The smallest absolute Gasteiger partial charge is 0.305 e. The Hall–Kier alpha value is -2.86. The van der Waals surface area contributed by atoms with Gasteiger partial charge in [-0.3, -0.25) is 14.5 Å². The Morgan fingerprint density at radius 1 is 1.06 bits per heavy atom. The number of fused-ring (bicyclic) bond motifs is 3. The second kappa shape index (κ2) is 11.3. The molecule has 0 atom stereocenters. The van der Waals surface area contributed by atoms with Crippen LogP contribution in [0.15, 0.2) is 42.5 Å². The van der Waals surface area contributed by atoms with Crippen molar-refractivity contribution < 1.29 is 19.4 Å². The lowest BCUT2D eigenvalue weighted by Crippen LogP contribution is -2.27. The lowest BCUT2D eigenvalue weighted by atomic mass is 9.99. The topological polar surface area (TPSA) is 78.9 Å². The zero-order chi connectivity index (χ0) is 23.0. The highest BCUT2D eigenvalue weighted by molar-refractivity contribution is 5.94. The molecule has 0 radical (unpaired) electrons. The van der Waals surface area contributed by atoms with Crippen LogP contribution in [0.25, 0.3) is 0 Å². The van der Waals surface area contributed by atoms with E-state index in [4.69, 9.17) is 9.84 Å². The summed E-state index contributed by atoms with van der Waals surface area (Å²) in [5.74, 6) is 0.503. The van der Waals surface area contributed by atoms with E-state index >= 15 is 0 Å².